The summed E-state index contributed by atoms with van der Waals surface area (Å²) in [6.45, 7) is 7.11. The lowest BCUT2D eigenvalue weighted by atomic mass is 10.1. The number of benzene rings is 2. The lowest BCUT2D eigenvalue weighted by molar-refractivity contribution is 0.243. The smallest absolute Gasteiger partial charge is 0.203 e. The standard InChI is InChI=1S/C21H28N2O3/c1-16-7-5-6-8-18(16)23-13-11-22(12-14-23)15-17-9-10-19(24-2)21(26-4)20(17)25-3/h5-10H,11-15H2,1-4H3. The molecule has 140 valence electrons. The molecule has 1 heterocycles. The van der Waals surface area contributed by atoms with Gasteiger partial charge in [0.2, 0.25) is 5.75 Å². The minimum Gasteiger partial charge on any atom is -0.493 e. The van der Waals surface area contributed by atoms with Gasteiger partial charge in [-0.3, -0.25) is 4.90 Å². The average Bonchev–Trinajstić information content (AvgIpc) is 2.68. The van der Waals surface area contributed by atoms with E-state index in [4.69, 9.17) is 14.2 Å². The summed E-state index contributed by atoms with van der Waals surface area (Å²) < 4.78 is 16.5. The number of anilines is 1. The number of rotatable bonds is 6. The minimum atomic E-state index is 0.658. The lowest BCUT2D eigenvalue weighted by Crippen LogP contribution is -2.46. The van der Waals surface area contributed by atoms with Gasteiger partial charge in [0.15, 0.2) is 11.5 Å². The molecule has 5 heteroatoms. The van der Waals surface area contributed by atoms with Crippen LogP contribution in [-0.4, -0.2) is 52.4 Å². The highest BCUT2D eigenvalue weighted by Crippen LogP contribution is 2.40. The first kappa shape index (κ1) is 18.4. The van der Waals surface area contributed by atoms with Crippen molar-refractivity contribution in [2.24, 2.45) is 0 Å². The highest BCUT2D eigenvalue weighted by Gasteiger charge is 2.21. The summed E-state index contributed by atoms with van der Waals surface area (Å²) in [6.07, 6.45) is 0. The Labute approximate surface area is 156 Å². The van der Waals surface area contributed by atoms with Crippen molar-refractivity contribution in [1.29, 1.82) is 0 Å². The first-order valence-corrected chi connectivity index (χ1v) is 8.98. The molecule has 0 bridgehead atoms. The molecule has 1 aliphatic heterocycles. The van der Waals surface area contributed by atoms with Crippen molar-refractivity contribution in [3.05, 3.63) is 47.5 Å². The van der Waals surface area contributed by atoms with Crippen molar-refractivity contribution >= 4 is 5.69 Å². The first-order valence-electron chi connectivity index (χ1n) is 8.98. The predicted octanol–water partition coefficient (Wildman–Crippen LogP) is 3.34. The van der Waals surface area contributed by atoms with Gasteiger partial charge in [0.25, 0.3) is 0 Å². The van der Waals surface area contributed by atoms with E-state index >= 15 is 0 Å². The molecule has 26 heavy (non-hydrogen) atoms. The molecule has 0 saturated carbocycles. The van der Waals surface area contributed by atoms with Gasteiger partial charge in [-0.2, -0.15) is 0 Å². The van der Waals surface area contributed by atoms with Gasteiger partial charge in [-0.1, -0.05) is 24.3 Å². The molecular formula is C21H28N2O3. The number of aryl methyl sites for hydroxylation is 1. The number of hydrogen-bond donors (Lipinski definition) is 0. The summed E-state index contributed by atoms with van der Waals surface area (Å²) in [5.41, 5.74) is 3.80. The van der Waals surface area contributed by atoms with Crippen molar-refractivity contribution in [3.63, 3.8) is 0 Å². The highest BCUT2D eigenvalue weighted by atomic mass is 16.5. The molecule has 1 fully saturated rings. The Morgan fingerprint density at radius 1 is 0.808 bits per heavy atom. The van der Waals surface area contributed by atoms with E-state index in [0.717, 1.165) is 44.0 Å². The number of ether oxygens (including phenoxy) is 3. The number of para-hydroxylation sites is 1. The zero-order valence-electron chi connectivity index (χ0n) is 16.1. The van der Waals surface area contributed by atoms with Crippen LogP contribution in [-0.2, 0) is 6.54 Å². The third kappa shape index (κ3) is 3.73. The van der Waals surface area contributed by atoms with Gasteiger partial charge in [0, 0.05) is 44.0 Å². The summed E-state index contributed by atoms with van der Waals surface area (Å²) in [5, 5.41) is 0. The van der Waals surface area contributed by atoms with Gasteiger partial charge in [-0.25, -0.2) is 0 Å². The molecule has 0 aliphatic carbocycles. The fourth-order valence-electron chi connectivity index (χ4n) is 3.59. The number of piperazine rings is 1. The summed E-state index contributed by atoms with van der Waals surface area (Å²) in [5.74, 6) is 2.11. The molecule has 1 saturated heterocycles. The van der Waals surface area contributed by atoms with Crippen molar-refractivity contribution in [1.82, 2.24) is 4.90 Å². The second-order valence-electron chi connectivity index (χ2n) is 6.54. The minimum absolute atomic E-state index is 0.658. The Morgan fingerprint density at radius 2 is 1.50 bits per heavy atom. The SMILES string of the molecule is COc1ccc(CN2CCN(c3ccccc3C)CC2)c(OC)c1OC. The van der Waals surface area contributed by atoms with Crippen LogP contribution in [0, 0.1) is 6.92 Å². The van der Waals surface area contributed by atoms with Gasteiger partial charge < -0.3 is 19.1 Å². The van der Waals surface area contributed by atoms with Gasteiger partial charge in [-0.15, -0.1) is 0 Å². The zero-order valence-corrected chi connectivity index (χ0v) is 16.1. The Kier molecular flexibility index (Phi) is 5.89. The largest absolute Gasteiger partial charge is 0.493 e. The van der Waals surface area contributed by atoms with E-state index in [1.165, 1.54) is 11.3 Å². The maximum Gasteiger partial charge on any atom is 0.203 e. The van der Waals surface area contributed by atoms with E-state index in [9.17, 15) is 0 Å². The Hall–Kier alpha value is -2.40. The molecule has 0 radical (unpaired) electrons. The fraction of sp³-hybridized carbons (Fsp3) is 0.429. The third-order valence-corrected chi connectivity index (χ3v) is 5.01. The van der Waals surface area contributed by atoms with E-state index < -0.39 is 0 Å². The monoisotopic (exact) mass is 356 g/mol. The second kappa shape index (κ2) is 8.32. The zero-order chi connectivity index (χ0) is 18.5. The summed E-state index contributed by atoms with van der Waals surface area (Å²) in [7, 11) is 4.96. The first-order chi connectivity index (χ1) is 12.7. The van der Waals surface area contributed by atoms with Crippen molar-refractivity contribution < 1.29 is 14.2 Å². The van der Waals surface area contributed by atoms with Crippen LogP contribution in [0.1, 0.15) is 11.1 Å². The topological polar surface area (TPSA) is 34.2 Å². The fourth-order valence-corrected chi connectivity index (χ4v) is 3.59. The summed E-state index contributed by atoms with van der Waals surface area (Å²) in [4.78, 5) is 4.93. The Balaban J connectivity index is 1.69. The van der Waals surface area contributed by atoms with Gasteiger partial charge in [0.05, 0.1) is 21.3 Å². The number of nitrogens with zero attached hydrogens (tertiary/aromatic N) is 2. The molecule has 5 nitrogen and oxygen atoms in total. The van der Waals surface area contributed by atoms with E-state index in [2.05, 4.69) is 47.1 Å². The van der Waals surface area contributed by atoms with E-state index in [0.29, 0.717) is 11.5 Å². The quantitative estimate of drug-likeness (QED) is 0.793. The van der Waals surface area contributed by atoms with Crippen LogP contribution in [0.25, 0.3) is 0 Å². The van der Waals surface area contributed by atoms with Crippen molar-refractivity contribution in [3.8, 4) is 17.2 Å². The third-order valence-electron chi connectivity index (χ3n) is 5.01. The molecular weight excluding hydrogens is 328 g/mol. The summed E-state index contributed by atoms with van der Waals surface area (Å²) in [6, 6.07) is 12.6. The van der Waals surface area contributed by atoms with E-state index in [-0.39, 0.29) is 0 Å². The molecule has 0 spiro atoms. The van der Waals surface area contributed by atoms with Crippen LogP contribution in [0.2, 0.25) is 0 Å². The van der Waals surface area contributed by atoms with Crippen LogP contribution in [0.5, 0.6) is 17.2 Å². The van der Waals surface area contributed by atoms with Gasteiger partial charge in [0.1, 0.15) is 0 Å². The maximum atomic E-state index is 5.62. The molecule has 2 aromatic carbocycles. The van der Waals surface area contributed by atoms with Gasteiger partial charge in [-0.05, 0) is 24.6 Å². The lowest BCUT2D eigenvalue weighted by Gasteiger charge is -2.37. The molecule has 0 atom stereocenters. The maximum absolute atomic E-state index is 5.62. The normalized spacial score (nSPS) is 15.0. The van der Waals surface area contributed by atoms with E-state index in [1.807, 2.05) is 6.07 Å². The molecule has 0 amide bonds. The van der Waals surface area contributed by atoms with Crippen molar-refractivity contribution in [2.45, 2.75) is 13.5 Å². The number of hydrogen-bond acceptors (Lipinski definition) is 5. The van der Waals surface area contributed by atoms with Crippen LogP contribution < -0.4 is 19.1 Å². The summed E-state index contributed by atoms with van der Waals surface area (Å²) >= 11 is 0. The van der Waals surface area contributed by atoms with Gasteiger partial charge >= 0.3 is 0 Å². The van der Waals surface area contributed by atoms with Crippen LogP contribution in [0.3, 0.4) is 0 Å². The Morgan fingerprint density at radius 3 is 2.12 bits per heavy atom. The molecule has 0 aromatic heterocycles. The van der Waals surface area contributed by atoms with Crippen LogP contribution >= 0.6 is 0 Å². The average molecular weight is 356 g/mol. The molecule has 1 aliphatic rings. The van der Waals surface area contributed by atoms with Crippen LogP contribution in [0.15, 0.2) is 36.4 Å². The molecule has 3 rings (SSSR count). The van der Waals surface area contributed by atoms with E-state index in [1.54, 1.807) is 21.3 Å². The van der Waals surface area contributed by atoms with Crippen LogP contribution in [0.4, 0.5) is 5.69 Å². The molecule has 0 unspecified atom stereocenters. The Bertz CT molecular complexity index is 740. The predicted molar refractivity (Wildman–Crippen MR) is 105 cm³/mol. The highest BCUT2D eigenvalue weighted by molar-refractivity contribution is 5.56. The second-order valence-corrected chi connectivity index (χ2v) is 6.54. The molecule has 2 aromatic rings. The van der Waals surface area contributed by atoms with Crippen molar-refractivity contribution in [2.75, 3.05) is 52.4 Å². The molecule has 0 N–H and O–H groups in total. The number of methoxy groups -OCH3 is 3.